The molecule has 3 aromatic rings. The zero-order chi connectivity index (χ0) is 41.7. The average molecular weight is 838 g/mol. The Bertz CT molecular complexity index is 2200. The highest BCUT2D eigenvalue weighted by molar-refractivity contribution is 7.91. The molecule has 0 unspecified atom stereocenters. The van der Waals surface area contributed by atoms with Crippen molar-refractivity contribution in [1.82, 2.24) is 30.2 Å². The van der Waals surface area contributed by atoms with Gasteiger partial charge in [-0.05, 0) is 76.0 Å². The number of ether oxygens (including phenoxy) is 3. The number of hydrogen-bond donors (Lipinski definition) is 4. The van der Waals surface area contributed by atoms with Crippen molar-refractivity contribution in [2.75, 3.05) is 25.6 Å². The summed E-state index contributed by atoms with van der Waals surface area (Å²) in [7, 11) is -2.34. The van der Waals surface area contributed by atoms with Gasteiger partial charge in [0.25, 0.3) is 5.91 Å². The maximum atomic E-state index is 14.4. The number of benzene rings is 1. The minimum absolute atomic E-state index is 0.0164. The summed E-state index contributed by atoms with van der Waals surface area (Å²) in [5, 5.41) is 11.2. The Morgan fingerprint density at radius 1 is 1.09 bits per heavy atom. The van der Waals surface area contributed by atoms with Crippen molar-refractivity contribution < 1.29 is 41.8 Å². The van der Waals surface area contributed by atoms with Crippen LogP contribution in [-0.2, 0) is 35.6 Å². The normalized spacial score (nSPS) is 20.8. The van der Waals surface area contributed by atoms with Crippen LogP contribution in [0.15, 0.2) is 48.0 Å². The molecule has 0 radical (unpaired) electrons. The van der Waals surface area contributed by atoms with Crippen molar-refractivity contribution in [3.8, 4) is 22.9 Å². The number of anilines is 1. The molecule has 16 nitrogen and oxygen atoms in total. The first-order valence-electron chi connectivity index (χ1n) is 19.5. The lowest BCUT2D eigenvalue weighted by Crippen LogP contribution is -2.55. The first-order valence-corrected chi connectivity index (χ1v) is 21.9. The van der Waals surface area contributed by atoms with Crippen molar-refractivity contribution >= 4 is 61.2 Å². The fourth-order valence-corrected chi connectivity index (χ4v) is 9.06. The number of nitrogens with one attached hydrogen (secondary N) is 4. The number of aryl methyl sites for hydroxylation is 1. The molecule has 4 N–H and O–H groups in total. The number of hydrogen-bond acceptors (Lipinski definition) is 13. The van der Waals surface area contributed by atoms with E-state index in [1.807, 2.05) is 36.1 Å². The first kappa shape index (κ1) is 42.4. The summed E-state index contributed by atoms with van der Waals surface area (Å²) in [6.07, 6.45) is 4.55. The number of fused-ring (bicyclic) bond motifs is 3. The minimum Gasteiger partial charge on any atom is -0.496 e. The number of amides is 4. The number of sulfonamides is 1. The van der Waals surface area contributed by atoms with Crippen LogP contribution in [0.5, 0.6) is 11.5 Å². The average Bonchev–Trinajstić information content (AvgIpc) is 3.81. The van der Waals surface area contributed by atoms with E-state index in [1.165, 1.54) is 28.4 Å². The van der Waals surface area contributed by atoms with Gasteiger partial charge in [-0.3, -0.25) is 14.4 Å². The van der Waals surface area contributed by atoms with Crippen LogP contribution in [0.4, 0.5) is 9.93 Å². The standard InChI is InChI=1S/C40H51N7O9S2/c1-7-11-28(36(48)46-58(52,53)26-13-14-26)43-37(49)32-17-25-20-47(32)38(50)35(22(2)3)45-40(51)55-15-10-8-9-12-24-16-27-29(18-33(24)54-6)42-30(19-34(27)56-25)31-21-57-39(44-31)41-23(4)5/h7,11,16,18-19,21-23,25-26,32,35H,1,8-10,12-15,17,20H2,2-6H3,(H,41,44)(H,43,49)(H,45,51)(H,46,48)/b28-11+/t25-,32+,35+/m1/s1. The van der Waals surface area contributed by atoms with Crippen molar-refractivity contribution in [2.24, 2.45) is 5.92 Å². The van der Waals surface area contributed by atoms with Gasteiger partial charge in [-0.1, -0.05) is 26.5 Å². The Kier molecular flexibility index (Phi) is 13.3. The molecule has 4 bridgehead atoms. The molecule has 6 rings (SSSR count). The number of rotatable bonds is 11. The third-order valence-corrected chi connectivity index (χ3v) is 12.6. The van der Waals surface area contributed by atoms with Crippen molar-refractivity contribution in [1.29, 1.82) is 0 Å². The molecule has 2 aromatic heterocycles. The van der Waals surface area contributed by atoms with E-state index in [0.29, 0.717) is 59.5 Å². The molecule has 2 aliphatic heterocycles. The summed E-state index contributed by atoms with van der Waals surface area (Å²) in [5.74, 6) is -1.66. The van der Waals surface area contributed by atoms with Gasteiger partial charge in [0, 0.05) is 35.4 Å². The molecule has 58 heavy (non-hydrogen) atoms. The van der Waals surface area contributed by atoms with E-state index >= 15 is 0 Å². The Labute approximate surface area is 342 Å². The van der Waals surface area contributed by atoms with Gasteiger partial charge < -0.3 is 35.1 Å². The first-order chi connectivity index (χ1) is 27.7. The van der Waals surface area contributed by atoms with E-state index < -0.39 is 63.2 Å². The van der Waals surface area contributed by atoms with Gasteiger partial charge in [0.05, 0.1) is 36.7 Å². The van der Waals surface area contributed by atoms with Crippen LogP contribution < -0.4 is 30.1 Å². The quantitative estimate of drug-likeness (QED) is 0.152. The second-order valence-corrected chi connectivity index (χ2v) is 18.1. The molecule has 4 amide bonds. The summed E-state index contributed by atoms with van der Waals surface area (Å²) in [4.78, 5) is 65.8. The molecule has 1 saturated carbocycles. The van der Waals surface area contributed by atoms with E-state index in [2.05, 4.69) is 22.5 Å². The molecular weight excluding hydrogens is 787 g/mol. The Morgan fingerprint density at radius 3 is 2.55 bits per heavy atom. The van der Waals surface area contributed by atoms with Gasteiger partial charge in [-0.25, -0.2) is 27.9 Å². The van der Waals surface area contributed by atoms with Gasteiger partial charge in [0.15, 0.2) is 5.13 Å². The van der Waals surface area contributed by atoms with Crippen LogP contribution in [0.1, 0.15) is 71.8 Å². The zero-order valence-electron chi connectivity index (χ0n) is 33.3. The number of thiazole rings is 1. The lowest BCUT2D eigenvalue weighted by Gasteiger charge is -2.30. The topological polar surface area (TPSA) is 207 Å². The van der Waals surface area contributed by atoms with Crippen LogP contribution in [0.2, 0.25) is 0 Å². The summed E-state index contributed by atoms with van der Waals surface area (Å²) < 4.78 is 45.3. The molecule has 1 aliphatic carbocycles. The number of carbonyl (C=O) groups is 4. The summed E-state index contributed by atoms with van der Waals surface area (Å²) in [5.41, 5.74) is 2.32. The molecule has 3 aliphatic rings. The van der Waals surface area contributed by atoms with E-state index in [1.54, 1.807) is 27.0 Å². The van der Waals surface area contributed by atoms with Gasteiger partial charge in [-0.2, -0.15) is 0 Å². The number of aromatic nitrogens is 2. The predicted octanol–water partition coefficient (Wildman–Crippen LogP) is 4.81. The smallest absolute Gasteiger partial charge is 0.407 e. The predicted molar refractivity (Wildman–Crippen MR) is 220 cm³/mol. The van der Waals surface area contributed by atoms with Crippen molar-refractivity contribution in [2.45, 2.75) is 102 Å². The Balaban J connectivity index is 1.40. The maximum Gasteiger partial charge on any atom is 0.407 e. The molecule has 4 heterocycles. The molecule has 18 heteroatoms. The van der Waals surface area contributed by atoms with E-state index in [9.17, 15) is 27.6 Å². The summed E-state index contributed by atoms with van der Waals surface area (Å²) in [6, 6.07) is 3.54. The lowest BCUT2D eigenvalue weighted by atomic mass is 10.0. The number of methoxy groups -OCH3 is 1. The molecule has 1 aromatic carbocycles. The number of pyridine rings is 1. The highest BCUT2D eigenvalue weighted by Gasteiger charge is 2.45. The largest absolute Gasteiger partial charge is 0.496 e. The summed E-state index contributed by atoms with van der Waals surface area (Å²) in [6.45, 7) is 11.3. The third kappa shape index (κ3) is 10.1. The number of alkyl carbamates (subject to hydrolysis) is 1. The van der Waals surface area contributed by atoms with Crippen molar-refractivity contribution in [3.63, 3.8) is 0 Å². The number of cyclic esters (lactones) is 1. The van der Waals surface area contributed by atoms with Crippen LogP contribution in [0.25, 0.3) is 22.3 Å². The van der Waals surface area contributed by atoms with Gasteiger partial charge >= 0.3 is 6.09 Å². The van der Waals surface area contributed by atoms with Crippen LogP contribution >= 0.6 is 11.3 Å². The second-order valence-electron chi connectivity index (χ2n) is 15.3. The molecular formula is C40H51N7O9S2. The second kappa shape index (κ2) is 18.1. The van der Waals surface area contributed by atoms with Gasteiger partial charge in [0.2, 0.25) is 21.8 Å². The minimum atomic E-state index is -3.95. The van der Waals surface area contributed by atoms with Gasteiger partial charge in [0.1, 0.15) is 41.1 Å². The Hall–Kier alpha value is -5.23. The number of nitrogens with zero attached hydrogens (tertiary/aromatic N) is 3. The SMILES string of the molecule is C=C/C=C(/NC(=O)[C@@H]1C[C@@H]2CN1C(=O)[C@H](C(C)C)NC(=O)OCCCCCc1cc3c(cc(-c4csc(NC(C)C)n4)nc3cc1OC)O2)C(=O)NS(=O)(=O)C1CC1. The fraction of sp³-hybridized carbons (Fsp3) is 0.500. The van der Waals surface area contributed by atoms with Crippen LogP contribution in [0.3, 0.4) is 0 Å². The van der Waals surface area contributed by atoms with E-state index in [-0.39, 0.29) is 31.3 Å². The van der Waals surface area contributed by atoms with Crippen LogP contribution in [-0.4, -0.2) is 96.8 Å². The third-order valence-electron chi connectivity index (χ3n) is 10.0. The highest BCUT2D eigenvalue weighted by Crippen LogP contribution is 2.38. The molecule has 2 fully saturated rings. The molecule has 3 atom stereocenters. The highest BCUT2D eigenvalue weighted by atomic mass is 32.2. The monoisotopic (exact) mass is 837 g/mol. The van der Waals surface area contributed by atoms with E-state index in [4.69, 9.17) is 24.2 Å². The number of carbonyl (C=O) groups excluding carboxylic acids is 4. The molecule has 1 saturated heterocycles. The zero-order valence-corrected chi connectivity index (χ0v) is 35.0. The van der Waals surface area contributed by atoms with Gasteiger partial charge in [-0.15, -0.1) is 11.3 Å². The number of allylic oxidation sites excluding steroid dienone is 2. The molecule has 0 spiro atoms. The van der Waals surface area contributed by atoms with Crippen molar-refractivity contribution in [3.05, 3.63) is 53.6 Å². The fourth-order valence-electron chi connectivity index (χ4n) is 6.91. The lowest BCUT2D eigenvalue weighted by molar-refractivity contribution is -0.140. The Morgan fingerprint density at radius 2 is 1.86 bits per heavy atom. The molecule has 312 valence electrons. The van der Waals surface area contributed by atoms with Crippen LogP contribution in [0, 0.1) is 5.92 Å². The summed E-state index contributed by atoms with van der Waals surface area (Å²) >= 11 is 1.45. The maximum absolute atomic E-state index is 14.4. The van der Waals surface area contributed by atoms with E-state index in [0.717, 1.165) is 23.5 Å².